The molecule has 0 bridgehead atoms. The first-order chi connectivity index (χ1) is 11.5. The Morgan fingerprint density at radius 2 is 1.92 bits per heavy atom. The van der Waals surface area contributed by atoms with E-state index in [0.717, 1.165) is 10.6 Å². The molecule has 1 aromatic heterocycles. The molecule has 8 heteroatoms. The lowest BCUT2D eigenvalue weighted by Gasteiger charge is -2.20. The van der Waals surface area contributed by atoms with Crippen molar-refractivity contribution in [1.29, 1.82) is 0 Å². The Bertz CT molecular complexity index is 688. The van der Waals surface area contributed by atoms with Gasteiger partial charge in [0.05, 0.1) is 0 Å². The van der Waals surface area contributed by atoms with Crippen LogP contribution in [0.15, 0.2) is 30.3 Å². The van der Waals surface area contributed by atoms with Crippen molar-refractivity contribution in [2.24, 2.45) is 5.92 Å². The standard InChI is InChI=1S/C16H20N4O3S/c1-10(2)13(17-12(21)9-23-3)14(22)18-16-20-19-15(24-16)11-7-5-4-6-8-11/h4-8,10,13H,9H2,1-3H3,(H,17,21)(H,18,20,22)/t13-/m1/s1. The highest BCUT2D eigenvalue weighted by molar-refractivity contribution is 7.18. The molecule has 0 saturated carbocycles. The molecule has 0 aliphatic carbocycles. The van der Waals surface area contributed by atoms with E-state index in [-0.39, 0.29) is 24.3 Å². The second-order valence-corrected chi connectivity index (χ2v) is 6.47. The normalized spacial score (nSPS) is 12.0. The number of hydrogen-bond acceptors (Lipinski definition) is 6. The SMILES string of the molecule is COCC(=O)N[C@@H](C(=O)Nc1nnc(-c2ccccc2)s1)C(C)C. The molecule has 2 rings (SSSR count). The number of rotatable bonds is 7. The van der Waals surface area contributed by atoms with Gasteiger partial charge in [0.15, 0.2) is 0 Å². The second kappa shape index (κ2) is 8.51. The van der Waals surface area contributed by atoms with E-state index in [1.165, 1.54) is 18.4 Å². The van der Waals surface area contributed by atoms with Gasteiger partial charge in [-0.25, -0.2) is 0 Å². The minimum atomic E-state index is -0.670. The smallest absolute Gasteiger partial charge is 0.249 e. The zero-order chi connectivity index (χ0) is 17.5. The van der Waals surface area contributed by atoms with Crippen LogP contribution in [0.4, 0.5) is 5.13 Å². The number of carbonyl (C=O) groups is 2. The third kappa shape index (κ3) is 4.84. The maximum Gasteiger partial charge on any atom is 0.249 e. The fourth-order valence-electron chi connectivity index (χ4n) is 2.04. The van der Waals surface area contributed by atoms with Gasteiger partial charge in [-0.15, -0.1) is 10.2 Å². The van der Waals surface area contributed by atoms with Crippen molar-refractivity contribution in [3.8, 4) is 10.6 Å². The predicted octanol–water partition coefficient (Wildman–Crippen LogP) is 1.93. The Morgan fingerprint density at radius 3 is 2.54 bits per heavy atom. The van der Waals surface area contributed by atoms with Crippen molar-refractivity contribution in [3.63, 3.8) is 0 Å². The molecule has 0 aliphatic rings. The van der Waals surface area contributed by atoms with E-state index in [4.69, 9.17) is 4.74 Å². The number of nitrogens with one attached hydrogen (secondary N) is 2. The lowest BCUT2D eigenvalue weighted by Crippen LogP contribution is -2.48. The molecule has 0 radical (unpaired) electrons. The van der Waals surface area contributed by atoms with Crippen LogP contribution in [0, 0.1) is 5.92 Å². The number of benzene rings is 1. The van der Waals surface area contributed by atoms with Gasteiger partial charge in [-0.05, 0) is 5.92 Å². The number of hydrogen-bond donors (Lipinski definition) is 2. The highest BCUT2D eigenvalue weighted by Gasteiger charge is 2.25. The minimum absolute atomic E-state index is 0.0766. The van der Waals surface area contributed by atoms with Crippen LogP contribution in [-0.4, -0.2) is 41.8 Å². The summed E-state index contributed by atoms with van der Waals surface area (Å²) < 4.78 is 4.77. The van der Waals surface area contributed by atoms with Crippen molar-refractivity contribution in [1.82, 2.24) is 15.5 Å². The summed E-state index contributed by atoms with van der Waals surface area (Å²) in [5, 5.41) is 14.5. The fraction of sp³-hybridized carbons (Fsp3) is 0.375. The Hall–Kier alpha value is -2.32. The quantitative estimate of drug-likeness (QED) is 0.797. The molecule has 0 unspecified atom stereocenters. The van der Waals surface area contributed by atoms with Crippen molar-refractivity contribution in [2.75, 3.05) is 19.0 Å². The van der Waals surface area contributed by atoms with E-state index < -0.39 is 6.04 Å². The molecule has 0 spiro atoms. The second-order valence-electron chi connectivity index (χ2n) is 5.49. The Labute approximate surface area is 144 Å². The summed E-state index contributed by atoms with van der Waals surface area (Å²) in [6.07, 6.45) is 0. The predicted molar refractivity (Wildman–Crippen MR) is 92.6 cm³/mol. The van der Waals surface area contributed by atoms with Crippen LogP contribution in [-0.2, 0) is 14.3 Å². The van der Waals surface area contributed by atoms with E-state index in [1.807, 2.05) is 44.2 Å². The lowest BCUT2D eigenvalue weighted by atomic mass is 10.0. The molecule has 128 valence electrons. The highest BCUT2D eigenvalue weighted by Crippen LogP contribution is 2.26. The molecule has 2 aromatic rings. The fourth-order valence-corrected chi connectivity index (χ4v) is 2.79. The molecule has 0 saturated heterocycles. The van der Waals surface area contributed by atoms with Gasteiger partial charge in [0.2, 0.25) is 16.9 Å². The monoisotopic (exact) mass is 348 g/mol. The van der Waals surface area contributed by atoms with Crippen molar-refractivity contribution in [2.45, 2.75) is 19.9 Å². The van der Waals surface area contributed by atoms with Crippen LogP contribution in [0.5, 0.6) is 0 Å². The summed E-state index contributed by atoms with van der Waals surface area (Å²) in [5.41, 5.74) is 0.935. The maximum absolute atomic E-state index is 12.4. The molecule has 2 N–H and O–H groups in total. The van der Waals surface area contributed by atoms with Gasteiger partial charge in [-0.1, -0.05) is 55.5 Å². The van der Waals surface area contributed by atoms with Crippen LogP contribution in [0.3, 0.4) is 0 Å². The maximum atomic E-state index is 12.4. The lowest BCUT2D eigenvalue weighted by molar-refractivity contribution is -0.129. The third-order valence-electron chi connectivity index (χ3n) is 3.22. The molecular formula is C16H20N4O3S. The summed E-state index contributed by atoms with van der Waals surface area (Å²) in [7, 11) is 1.43. The molecule has 0 aliphatic heterocycles. The molecule has 1 atom stereocenters. The van der Waals surface area contributed by atoms with Gasteiger partial charge in [-0.2, -0.15) is 0 Å². The summed E-state index contributed by atoms with van der Waals surface area (Å²) in [6.45, 7) is 3.62. The van der Waals surface area contributed by atoms with E-state index >= 15 is 0 Å². The van der Waals surface area contributed by atoms with Gasteiger partial charge in [-0.3, -0.25) is 14.9 Å². The Balaban J connectivity index is 2.04. The number of methoxy groups -OCH3 is 1. The summed E-state index contributed by atoms with van der Waals surface area (Å²) in [6, 6.07) is 8.92. The number of ether oxygens (including phenoxy) is 1. The van der Waals surface area contributed by atoms with Gasteiger partial charge in [0.1, 0.15) is 17.7 Å². The number of nitrogens with zero attached hydrogens (tertiary/aromatic N) is 2. The van der Waals surface area contributed by atoms with E-state index in [0.29, 0.717) is 5.13 Å². The molecule has 0 fully saturated rings. The number of amides is 2. The zero-order valence-electron chi connectivity index (χ0n) is 13.8. The number of aromatic nitrogens is 2. The highest BCUT2D eigenvalue weighted by atomic mass is 32.1. The first-order valence-electron chi connectivity index (χ1n) is 7.49. The summed E-state index contributed by atoms with van der Waals surface area (Å²) >= 11 is 1.28. The average molecular weight is 348 g/mol. The summed E-state index contributed by atoms with van der Waals surface area (Å²) in [4.78, 5) is 24.1. The van der Waals surface area contributed by atoms with Gasteiger partial charge in [0.25, 0.3) is 0 Å². The third-order valence-corrected chi connectivity index (χ3v) is 4.10. The number of anilines is 1. The van der Waals surface area contributed by atoms with Crippen LogP contribution in [0.25, 0.3) is 10.6 Å². The van der Waals surface area contributed by atoms with Crippen LogP contribution >= 0.6 is 11.3 Å². The zero-order valence-corrected chi connectivity index (χ0v) is 14.6. The van der Waals surface area contributed by atoms with E-state index in [2.05, 4.69) is 20.8 Å². The van der Waals surface area contributed by atoms with Crippen molar-refractivity contribution < 1.29 is 14.3 Å². The summed E-state index contributed by atoms with van der Waals surface area (Å²) in [5.74, 6) is -0.744. The topological polar surface area (TPSA) is 93.2 Å². The Kier molecular flexibility index (Phi) is 6.39. The van der Waals surface area contributed by atoms with Crippen molar-refractivity contribution in [3.05, 3.63) is 30.3 Å². The van der Waals surface area contributed by atoms with Crippen LogP contribution in [0.2, 0.25) is 0 Å². The number of carbonyl (C=O) groups excluding carboxylic acids is 2. The van der Waals surface area contributed by atoms with Gasteiger partial charge < -0.3 is 10.1 Å². The Morgan fingerprint density at radius 1 is 1.21 bits per heavy atom. The molecule has 1 aromatic carbocycles. The molecule has 24 heavy (non-hydrogen) atoms. The van der Waals surface area contributed by atoms with Gasteiger partial charge >= 0.3 is 0 Å². The molecule has 2 amide bonds. The molecule has 7 nitrogen and oxygen atoms in total. The van der Waals surface area contributed by atoms with Crippen LogP contribution in [0.1, 0.15) is 13.8 Å². The largest absolute Gasteiger partial charge is 0.375 e. The molecular weight excluding hydrogens is 328 g/mol. The minimum Gasteiger partial charge on any atom is -0.375 e. The van der Waals surface area contributed by atoms with E-state index in [9.17, 15) is 9.59 Å². The molecule has 1 heterocycles. The van der Waals surface area contributed by atoms with Crippen LogP contribution < -0.4 is 10.6 Å². The van der Waals surface area contributed by atoms with Crippen molar-refractivity contribution >= 4 is 28.3 Å². The first kappa shape index (κ1) is 18.0. The van der Waals surface area contributed by atoms with Gasteiger partial charge in [0, 0.05) is 12.7 Å². The van der Waals surface area contributed by atoms with E-state index in [1.54, 1.807) is 0 Å². The average Bonchev–Trinajstić information content (AvgIpc) is 3.02. The first-order valence-corrected chi connectivity index (χ1v) is 8.31.